The van der Waals surface area contributed by atoms with Crippen LogP contribution in [0.25, 0.3) is 0 Å². The van der Waals surface area contributed by atoms with Crippen LogP contribution >= 0.6 is 0 Å². The van der Waals surface area contributed by atoms with Gasteiger partial charge in [-0.25, -0.2) is 4.98 Å². The lowest BCUT2D eigenvalue weighted by Crippen LogP contribution is -2.22. The first kappa shape index (κ1) is 14.0. The molecular formula is C14H10F3NO2. The molecule has 2 aromatic rings. The Hall–Kier alpha value is -2.37. The summed E-state index contributed by atoms with van der Waals surface area (Å²) in [5.41, 5.74) is 0.398. The maximum Gasteiger partial charge on any atom is 0.454 e. The fourth-order valence-electron chi connectivity index (χ4n) is 1.50. The van der Waals surface area contributed by atoms with Crippen LogP contribution in [0.2, 0.25) is 0 Å². The standard InChI is InChI=1S/C14H10F3NO2/c15-14(16,17)13(19)11-6-7-12(18-8-11)20-9-10-4-2-1-3-5-10/h1-8H,9H2. The zero-order chi connectivity index (χ0) is 14.6. The van der Waals surface area contributed by atoms with Crippen molar-refractivity contribution in [3.63, 3.8) is 0 Å². The number of ketones is 1. The highest BCUT2D eigenvalue weighted by Crippen LogP contribution is 2.21. The monoisotopic (exact) mass is 281 g/mol. The van der Waals surface area contributed by atoms with Crippen molar-refractivity contribution in [3.8, 4) is 5.88 Å². The number of pyridine rings is 1. The number of nitrogens with zero attached hydrogens (tertiary/aromatic N) is 1. The molecule has 1 aromatic carbocycles. The Balaban J connectivity index is 2.00. The Morgan fingerprint density at radius 2 is 1.80 bits per heavy atom. The fourth-order valence-corrected chi connectivity index (χ4v) is 1.50. The molecule has 20 heavy (non-hydrogen) atoms. The largest absolute Gasteiger partial charge is 0.473 e. The number of aromatic nitrogens is 1. The number of halogens is 3. The molecule has 0 atom stereocenters. The molecule has 0 aliphatic rings. The van der Waals surface area contributed by atoms with Crippen LogP contribution in [0.3, 0.4) is 0 Å². The zero-order valence-corrected chi connectivity index (χ0v) is 10.2. The molecule has 6 heteroatoms. The van der Waals surface area contributed by atoms with Crippen molar-refractivity contribution < 1.29 is 22.7 Å². The van der Waals surface area contributed by atoms with Crippen LogP contribution in [0.15, 0.2) is 48.7 Å². The summed E-state index contributed by atoms with van der Waals surface area (Å²) in [4.78, 5) is 14.6. The van der Waals surface area contributed by atoms with Crippen LogP contribution in [0.5, 0.6) is 5.88 Å². The van der Waals surface area contributed by atoms with Gasteiger partial charge in [0.15, 0.2) is 0 Å². The van der Waals surface area contributed by atoms with Gasteiger partial charge in [-0.1, -0.05) is 30.3 Å². The summed E-state index contributed by atoms with van der Waals surface area (Å²) < 4.78 is 41.9. The van der Waals surface area contributed by atoms with Gasteiger partial charge >= 0.3 is 6.18 Å². The van der Waals surface area contributed by atoms with E-state index in [9.17, 15) is 18.0 Å². The van der Waals surface area contributed by atoms with Crippen LogP contribution in [0.1, 0.15) is 15.9 Å². The Labute approximate surface area is 113 Å². The molecule has 1 aromatic heterocycles. The summed E-state index contributed by atoms with van der Waals surface area (Å²) in [7, 11) is 0. The van der Waals surface area contributed by atoms with Gasteiger partial charge in [-0.3, -0.25) is 4.79 Å². The van der Waals surface area contributed by atoms with Crippen molar-refractivity contribution >= 4 is 5.78 Å². The van der Waals surface area contributed by atoms with Crippen LogP contribution in [0.4, 0.5) is 13.2 Å². The van der Waals surface area contributed by atoms with Crippen LogP contribution in [-0.4, -0.2) is 16.9 Å². The first-order valence-electron chi connectivity index (χ1n) is 5.71. The Morgan fingerprint density at radius 1 is 1.10 bits per heavy atom. The highest BCUT2D eigenvalue weighted by Gasteiger charge is 2.39. The Bertz CT molecular complexity index is 580. The average molecular weight is 281 g/mol. The van der Waals surface area contributed by atoms with E-state index in [2.05, 4.69) is 4.98 Å². The summed E-state index contributed by atoms with van der Waals surface area (Å²) in [6.07, 6.45) is -4.04. The van der Waals surface area contributed by atoms with E-state index in [0.29, 0.717) is 0 Å². The zero-order valence-electron chi connectivity index (χ0n) is 10.2. The van der Waals surface area contributed by atoms with Crippen molar-refractivity contribution in [1.29, 1.82) is 0 Å². The summed E-state index contributed by atoms with van der Waals surface area (Å²) >= 11 is 0. The van der Waals surface area contributed by atoms with Gasteiger partial charge in [-0.15, -0.1) is 0 Å². The van der Waals surface area contributed by atoms with E-state index in [1.54, 1.807) is 0 Å². The summed E-state index contributed by atoms with van der Waals surface area (Å²) in [5, 5.41) is 0. The van der Waals surface area contributed by atoms with E-state index in [4.69, 9.17) is 4.74 Å². The SMILES string of the molecule is O=C(c1ccc(OCc2ccccc2)nc1)C(F)(F)F. The number of alkyl halides is 3. The third-order valence-corrected chi connectivity index (χ3v) is 2.49. The second-order valence-electron chi connectivity index (χ2n) is 3.99. The third-order valence-electron chi connectivity index (χ3n) is 2.49. The van der Waals surface area contributed by atoms with Crippen LogP contribution in [0, 0.1) is 0 Å². The van der Waals surface area contributed by atoms with Gasteiger partial charge in [0, 0.05) is 17.8 Å². The van der Waals surface area contributed by atoms with E-state index >= 15 is 0 Å². The molecule has 0 radical (unpaired) electrons. The average Bonchev–Trinajstić information content (AvgIpc) is 2.45. The molecule has 0 saturated carbocycles. The molecule has 0 unspecified atom stereocenters. The maximum atomic E-state index is 12.2. The molecule has 0 aliphatic carbocycles. The first-order valence-corrected chi connectivity index (χ1v) is 5.71. The van der Waals surface area contributed by atoms with E-state index in [-0.39, 0.29) is 12.5 Å². The smallest absolute Gasteiger partial charge is 0.454 e. The second kappa shape index (κ2) is 5.73. The van der Waals surface area contributed by atoms with Crippen LogP contribution < -0.4 is 4.74 Å². The van der Waals surface area contributed by atoms with Crippen molar-refractivity contribution in [1.82, 2.24) is 4.98 Å². The van der Waals surface area contributed by atoms with E-state index in [1.807, 2.05) is 30.3 Å². The Kier molecular flexibility index (Phi) is 4.02. The third kappa shape index (κ3) is 3.57. The topological polar surface area (TPSA) is 39.2 Å². The predicted molar refractivity (Wildman–Crippen MR) is 65.4 cm³/mol. The van der Waals surface area contributed by atoms with Gasteiger partial charge in [0.25, 0.3) is 5.78 Å². The number of Topliss-reactive ketones (excluding diaryl/α,β-unsaturated/α-hetero) is 1. The molecule has 2 rings (SSSR count). The molecule has 0 bridgehead atoms. The van der Waals surface area contributed by atoms with Crippen LogP contribution in [-0.2, 0) is 6.61 Å². The highest BCUT2D eigenvalue weighted by molar-refractivity contribution is 5.99. The lowest BCUT2D eigenvalue weighted by Gasteiger charge is -2.07. The molecule has 0 N–H and O–H groups in total. The van der Waals surface area contributed by atoms with E-state index in [1.165, 1.54) is 6.07 Å². The van der Waals surface area contributed by atoms with E-state index < -0.39 is 17.5 Å². The molecule has 104 valence electrons. The molecule has 0 saturated heterocycles. The predicted octanol–water partition coefficient (Wildman–Crippen LogP) is 3.41. The summed E-state index contributed by atoms with van der Waals surface area (Å²) in [5.74, 6) is -1.76. The number of benzene rings is 1. The van der Waals surface area contributed by atoms with Crippen molar-refractivity contribution in [3.05, 3.63) is 59.8 Å². The van der Waals surface area contributed by atoms with Crippen molar-refractivity contribution in [2.45, 2.75) is 12.8 Å². The van der Waals surface area contributed by atoms with Gasteiger partial charge in [-0.2, -0.15) is 13.2 Å². The molecule has 1 heterocycles. The van der Waals surface area contributed by atoms with Gasteiger partial charge in [0.1, 0.15) is 6.61 Å². The molecule has 0 aliphatic heterocycles. The maximum absolute atomic E-state index is 12.2. The Morgan fingerprint density at radius 3 is 2.35 bits per heavy atom. The minimum atomic E-state index is -4.89. The van der Waals surface area contributed by atoms with Gasteiger partial charge in [-0.05, 0) is 11.6 Å². The lowest BCUT2D eigenvalue weighted by atomic mass is 10.2. The molecule has 0 fully saturated rings. The first-order chi connectivity index (χ1) is 9.47. The number of carbonyl (C=O) groups is 1. The minimum Gasteiger partial charge on any atom is -0.473 e. The van der Waals surface area contributed by atoms with E-state index in [0.717, 1.165) is 17.8 Å². The summed E-state index contributed by atoms with van der Waals surface area (Å²) in [6.45, 7) is 0.250. The fraction of sp³-hybridized carbons (Fsp3) is 0.143. The minimum absolute atomic E-state index is 0.160. The molecule has 0 spiro atoms. The second-order valence-corrected chi connectivity index (χ2v) is 3.99. The normalized spacial score (nSPS) is 11.2. The number of hydrogen-bond donors (Lipinski definition) is 0. The molecule has 0 amide bonds. The number of carbonyl (C=O) groups excluding carboxylic acids is 1. The number of hydrogen-bond acceptors (Lipinski definition) is 3. The molecular weight excluding hydrogens is 271 g/mol. The highest BCUT2D eigenvalue weighted by atomic mass is 19.4. The van der Waals surface area contributed by atoms with Gasteiger partial charge in [0.05, 0.1) is 0 Å². The number of rotatable bonds is 4. The molecule has 3 nitrogen and oxygen atoms in total. The van der Waals surface area contributed by atoms with Gasteiger partial charge in [0.2, 0.25) is 5.88 Å². The van der Waals surface area contributed by atoms with Crippen molar-refractivity contribution in [2.24, 2.45) is 0 Å². The summed E-state index contributed by atoms with van der Waals surface area (Å²) in [6, 6.07) is 11.5. The van der Waals surface area contributed by atoms with Gasteiger partial charge < -0.3 is 4.74 Å². The van der Waals surface area contributed by atoms with Crippen molar-refractivity contribution in [2.75, 3.05) is 0 Å². The quantitative estimate of drug-likeness (QED) is 0.806. The lowest BCUT2D eigenvalue weighted by molar-refractivity contribution is -0.0885. The number of ether oxygens (including phenoxy) is 1.